The number of nitrogens with two attached hydrogens (primary N) is 2. The predicted molar refractivity (Wildman–Crippen MR) is 130 cm³/mol. The number of rotatable bonds is 9. The van der Waals surface area contributed by atoms with Gasteiger partial charge in [-0.1, -0.05) is 12.1 Å². The standard InChI is InChI=1S/C26H21F3N2O7/c27-26(28,29)38-19-8-4-16(5-9-19)25(35)37-18-6-1-15(2-7-18)3-10-23(32)36-12-11-20-21(24(33)34)13-17(30)14-22(20)31/h1-10,13-14H,11-12,30-31H2,(H,33,34). The van der Waals surface area contributed by atoms with Crippen LogP contribution >= 0.6 is 0 Å². The summed E-state index contributed by atoms with van der Waals surface area (Å²) in [5, 5.41) is 9.31. The van der Waals surface area contributed by atoms with Gasteiger partial charge >= 0.3 is 24.3 Å². The molecule has 0 aliphatic rings. The minimum Gasteiger partial charge on any atom is -0.478 e. The summed E-state index contributed by atoms with van der Waals surface area (Å²) >= 11 is 0. The van der Waals surface area contributed by atoms with E-state index in [-0.39, 0.29) is 41.3 Å². The van der Waals surface area contributed by atoms with Crippen molar-refractivity contribution in [3.63, 3.8) is 0 Å². The number of aromatic carboxylic acids is 1. The van der Waals surface area contributed by atoms with E-state index in [0.717, 1.165) is 30.3 Å². The number of carboxylic acids is 1. The van der Waals surface area contributed by atoms with E-state index in [1.54, 1.807) is 12.1 Å². The molecule has 3 aromatic carbocycles. The lowest BCUT2D eigenvalue weighted by Gasteiger charge is -2.11. The van der Waals surface area contributed by atoms with Gasteiger partial charge in [0.25, 0.3) is 0 Å². The van der Waals surface area contributed by atoms with Gasteiger partial charge in [0.15, 0.2) is 0 Å². The minimum absolute atomic E-state index is 0.0162. The Morgan fingerprint density at radius 3 is 2.16 bits per heavy atom. The van der Waals surface area contributed by atoms with E-state index in [0.29, 0.717) is 11.1 Å². The lowest BCUT2D eigenvalue weighted by Crippen LogP contribution is -2.17. The Kier molecular flexibility index (Phi) is 8.58. The largest absolute Gasteiger partial charge is 0.573 e. The first-order chi connectivity index (χ1) is 17.9. The summed E-state index contributed by atoms with van der Waals surface area (Å²) in [6.45, 7) is -0.115. The van der Waals surface area contributed by atoms with Crippen molar-refractivity contribution < 1.29 is 46.9 Å². The first-order valence-corrected chi connectivity index (χ1v) is 10.9. The fourth-order valence-corrected chi connectivity index (χ4v) is 3.26. The fraction of sp³-hybridized carbons (Fsp3) is 0.115. The number of hydrogen-bond donors (Lipinski definition) is 3. The van der Waals surface area contributed by atoms with Gasteiger partial charge in [0, 0.05) is 23.9 Å². The number of nitrogen functional groups attached to an aromatic ring is 2. The smallest absolute Gasteiger partial charge is 0.478 e. The highest BCUT2D eigenvalue weighted by molar-refractivity contribution is 5.93. The maximum absolute atomic E-state index is 12.2. The molecule has 0 unspecified atom stereocenters. The van der Waals surface area contributed by atoms with Gasteiger partial charge in [-0.25, -0.2) is 14.4 Å². The number of carbonyl (C=O) groups excluding carboxylic acids is 2. The van der Waals surface area contributed by atoms with Gasteiger partial charge in [0.1, 0.15) is 11.5 Å². The highest BCUT2D eigenvalue weighted by Gasteiger charge is 2.31. The number of esters is 2. The van der Waals surface area contributed by atoms with Gasteiger partial charge in [-0.3, -0.25) is 0 Å². The molecule has 0 atom stereocenters. The summed E-state index contributed by atoms with van der Waals surface area (Å²) in [7, 11) is 0. The lowest BCUT2D eigenvalue weighted by atomic mass is 10.0. The van der Waals surface area contributed by atoms with Crippen LogP contribution in [0, 0.1) is 0 Å². The monoisotopic (exact) mass is 530 g/mol. The third-order valence-corrected chi connectivity index (χ3v) is 4.96. The number of carbonyl (C=O) groups is 3. The molecule has 0 radical (unpaired) electrons. The van der Waals surface area contributed by atoms with Crippen LogP contribution in [0.15, 0.2) is 66.7 Å². The highest BCUT2D eigenvalue weighted by atomic mass is 19.4. The number of halogens is 3. The third-order valence-electron chi connectivity index (χ3n) is 4.96. The molecule has 3 rings (SSSR count). The molecule has 0 bridgehead atoms. The van der Waals surface area contributed by atoms with E-state index in [9.17, 15) is 32.7 Å². The number of hydrogen-bond acceptors (Lipinski definition) is 8. The Hall–Kier alpha value is -5.00. The Morgan fingerprint density at radius 1 is 0.921 bits per heavy atom. The molecule has 198 valence electrons. The number of ether oxygens (including phenoxy) is 3. The Bertz CT molecular complexity index is 1350. The van der Waals surface area contributed by atoms with Crippen molar-refractivity contribution in [2.75, 3.05) is 18.1 Å². The summed E-state index contributed by atoms with van der Waals surface area (Å²) < 4.78 is 50.7. The molecule has 3 aromatic rings. The molecule has 12 heteroatoms. The summed E-state index contributed by atoms with van der Waals surface area (Å²) in [5.74, 6) is -2.97. The predicted octanol–water partition coefficient (Wildman–Crippen LogP) is 4.47. The van der Waals surface area contributed by atoms with Gasteiger partial charge < -0.3 is 30.8 Å². The van der Waals surface area contributed by atoms with Gasteiger partial charge in [0.05, 0.1) is 17.7 Å². The second kappa shape index (κ2) is 11.8. The first kappa shape index (κ1) is 27.6. The summed E-state index contributed by atoms with van der Waals surface area (Å²) in [5.41, 5.74) is 12.7. The van der Waals surface area contributed by atoms with Crippen molar-refractivity contribution in [1.29, 1.82) is 0 Å². The molecule has 0 saturated heterocycles. The molecule has 0 heterocycles. The summed E-state index contributed by atoms with van der Waals surface area (Å²) in [6, 6.07) is 13.0. The van der Waals surface area contributed by atoms with Crippen LogP contribution in [0.2, 0.25) is 0 Å². The van der Waals surface area contributed by atoms with Crippen LogP contribution in [0.25, 0.3) is 6.08 Å². The molecular formula is C26H21F3N2O7. The zero-order valence-electron chi connectivity index (χ0n) is 19.5. The molecule has 0 aromatic heterocycles. The molecule has 5 N–H and O–H groups in total. The third kappa shape index (κ3) is 8.01. The van der Waals surface area contributed by atoms with Crippen molar-refractivity contribution in [3.05, 3.63) is 89.0 Å². The Labute approximate surface area is 214 Å². The van der Waals surface area contributed by atoms with Gasteiger partial charge in [-0.05, 0) is 65.7 Å². The van der Waals surface area contributed by atoms with Crippen molar-refractivity contribution >= 4 is 35.4 Å². The molecule has 0 amide bonds. The average molecular weight is 530 g/mol. The molecule has 0 fully saturated rings. The highest BCUT2D eigenvalue weighted by Crippen LogP contribution is 2.24. The number of alkyl halides is 3. The SMILES string of the molecule is Nc1cc(N)c(CCOC(=O)C=Cc2ccc(OC(=O)c3ccc(OC(F)(F)F)cc3)cc2)c(C(=O)O)c1. The molecule has 0 spiro atoms. The quantitative estimate of drug-likeness (QED) is 0.158. The van der Waals surface area contributed by atoms with E-state index in [4.69, 9.17) is 20.9 Å². The van der Waals surface area contributed by atoms with Crippen LogP contribution in [0.4, 0.5) is 24.5 Å². The first-order valence-electron chi connectivity index (χ1n) is 10.9. The Balaban J connectivity index is 1.51. The van der Waals surface area contributed by atoms with Crippen molar-refractivity contribution in [2.45, 2.75) is 12.8 Å². The van der Waals surface area contributed by atoms with E-state index in [1.165, 1.54) is 30.3 Å². The fourth-order valence-electron chi connectivity index (χ4n) is 3.26. The van der Waals surface area contributed by atoms with Crippen molar-refractivity contribution in [1.82, 2.24) is 0 Å². The molecule has 38 heavy (non-hydrogen) atoms. The zero-order chi connectivity index (χ0) is 27.9. The number of benzene rings is 3. The van der Waals surface area contributed by atoms with Crippen LogP contribution < -0.4 is 20.9 Å². The molecule has 0 aliphatic carbocycles. The summed E-state index contributed by atoms with van der Waals surface area (Å²) in [6.07, 6.45) is -2.15. The van der Waals surface area contributed by atoms with Gasteiger partial charge in [-0.2, -0.15) is 0 Å². The van der Waals surface area contributed by atoms with Crippen molar-refractivity contribution in [3.8, 4) is 11.5 Å². The van der Waals surface area contributed by atoms with Crippen LogP contribution in [-0.4, -0.2) is 36.0 Å². The summed E-state index contributed by atoms with van der Waals surface area (Å²) in [4.78, 5) is 35.6. The maximum atomic E-state index is 12.2. The molecule has 9 nitrogen and oxygen atoms in total. The lowest BCUT2D eigenvalue weighted by molar-refractivity contribution is -0.274. The normalized spacial score (nSPS) is 11.2. The second-order valence-electron chi connectivity index (χ2n) is 7.72. The van der Waals surface area contributed by atoms with Crippen LogP contribution in [0.1, 0.15) is 31.8 Å². The topological polar surface area (TPSA) is 151 Å². The second-order valence-corrected chi connectivity index (χ2v) is 7.72. The zero-order valence-corrected chi connectivity index (χ0v) is 19.5. The van der Waals surface area contributed by atoms with E-state index in [1.807, 2.05) is 0 Å². The van der Waals surface area contributed by atoms with Gasteiger partial charge in [-0.15, -0.1) is 13.2 Å². The molecular weight excluding hydrogens is 509 g/mol. The average Bonchev–Trinajstić information content (AvgIpc) is 2.84. The molecule has 0 aliphatic heterocycles. The van der Waals surface area contributed by atoms with E-state index < -0.39 is 30.0 Å². The van der Waals surface area contributed by atoms with Crippen LogP contribution in [-0.2, 0) is 16.0 Å². The van der Waals surface area contributed by atoms with E-state index in [2.05, 4.69) is 4.74 Å². The van der Waals surface area contributed by atoms with Crippen molar-refractivity contribution in [2.24, 2.45) is 0 Å². The van der Waals surface area contributed by atoms with Crippen LogP contribution in [0.5, 0.6) is 11.5 Å². The number of anilines is 2. The molecule has 0 saturated carbocycles. The van der Waals surface area contributed by atoms with E-state index >= 15 is 0 Å². The Morgan fingerprint density at radius 2 is 1.55 bits per heavy atom. The van der Waals surface area contributed by atoms with Crippen LogP contribution in [0.3, 0.4) is 0 Å². The van der Waals surface area contributed by atoms with Gasteiger partial charge in [0.2, 0.25) is 0 Å². The minimum atomic E-state index is -4.84. The number of carboxylic acid groups (broad SMARTS) is 1. The maximum Gasteiger partial charge on any atom is 0.573 e.